The molecule has 1 N–H and O–H groups in total. The molecule has 0 saturated carbocycles. The largest absolute Gasteiger partial charge is 0.497 e. The van der Waals surface area contributed by atoms with E-state index in [2.05, 4.69) is 22.2 Å². The van der Waals surface area contributed by atoms with E-state index in [-0.39, 0.29) is 0 Å². The molecule has 1 aromatic carbocycles. The molecule has 0 spiro atoms. The Kier molecular flexibility index (Phi) is 5.21. The third-order valence-corrected chi connectivity index (χ3v) is 3.86. The third-order valence-electron chi connectivity index (χ3n) is 3.86. The van der Waals surface area contributed by atoms with Gasteiger partial charge in [0.1, 0.15) is 17.1 Å². The summed E-state index contributed by atoms with van der Waals surface area (Å²) in [4.78, 5) is 13.8. The average molecular weight is 322 g/mol. The van der Waals surface area contributed by atoms with Crippen LogP contribution in [0.1, 0.15) is 32.0 Å². The molecule has 0 fully saturated rings. The Morgan fingerprint density at radius 3 is 2.62 bits per heavy atom. The van der Waals surface area contributed by atoms with Gasteiger partial charge in [-0.3, -0.25) is 4.98 Å². The van der Waals surface area contributed by atoms with Crippen molar-refractivity contribution in [2.24, 2.45) is 0 Å². The normalized spacial score (nSPS) is 10.8. The monoisotopic (exact) mass is 322 g/mol. The first-order valence-electron chi connectivity index (χ1n) is 8.33. The van der Waals surface area contributed by atoms with Crippen LogP contribution in [-0.4, -0.2) is 22.1 Å². The van der Waals surface area contributed by atoms with Gasteiger partial charge in [0.2, 0.25) is 0 Å². The van der Waals surface area contributed by atoms with Gasteiger partial charge >= 0.3 is 0 Å². The van der Waals surface area contributed by atoms with Crippen molar-refractivity contribution < 1.29 is 4.74 Å². The molecule has 2 aromatic heterocycles. The second-order valence-corrected chi connectivity index (χ2v) is 5.67. The molecular formula is C19H22N4O. The summed E-state index contributed by atoms with van der Waals surface area (Å²) in [6, 6.07) is 11.6. The lowest BCUT2D eigenvalue weighted by molar-refractivity contribution is 0.415. The second-order valence-electron chi connectivity index (χ2n) is 5.67. The maximum atomic E-state index is 5.20. The minimum Gasteiger partial charge on any atom is -0.497 e. The molecule has 5 nitrogen and oxygen atoms in total. The number of nitrogens with one attached hydrogen (secondary N) is 1. The number of methoxy groups -OCH3 is 1. The fourth-order valence-corrected chi connectivity index (χ4v) is 2.56. The van der Waals surface area contributed by atoms with Gasteiger partial charge in [-0.25, -0.2) is 9.97 Å². The number of aryl methyl sites for hydroxylation is 1. The first kappa shape index (κ1) is 16.2. The molecule has 0 aliphatic rings. The highest BCUT2D eigenvalue weighted by Crippen LogP contribution is 2.24. The van der Waals surface area contributed by atoms with Gasteiger partial charge in [-0.15, -0.1) is 0 Å². The number of pyridine rings is 1. The predicted octanol–water partition coefficient (Wildman–Crippen LogP) is 4.51. The van der Waals surface area contributed by atoms with Crippen molar-refractivity contribution in [2.75, 3.05) is 12.4 Å². The van der Waals surface area contributed by atoms with E-state index in [0.29, 0.717) is 0 Å². The van der Waals surface area contributed by atoms with E-state index in [4.69, 9.17) is 9.72 Å². The van der Waals surface area contributed by atoms with Gasteiger partial charge in [0.15, 0.2) is 5.82 Å². The Hall–Kier alpha value is -2.69. The number of nitrogens with zero attached hydrogens (tertiary/aromatic N) is 3. The van der Waals surface area contributed by atoms with Crippen LogP contribution >= 0.6 is 0 Å². The van der Waals surface area contributed by atoms with Gasteiger partial charge in [0.25, 0.3) is 0 Å². The van der Waals surface area contributed by atoms with Crippen LogP contribution in [0.5, 0.6) is 5.75 Å². The highest BCUT2D eigenvalue weighted by molar-refractivity contribution is 5.86. The molecule has 0 aliphatic heterocycles. The summed E-state index contributed by atoms with van der Waals surface area (Å²) in [5.41, 5.74) is 2.60. The zero-order chi connectivity index (χ0) is 16.8. The summed E-state index contributed by atoms with van der Waals surface area (Å²) in [5.74, 6) is 2.43. The molecule has 0 atom stereocenters. The minimum absolute atomic E-state index is 0.747. The molecule has 0 bridgehead atoms. The number of ether oxygens (including phenoxy) is 1. The number of fused-ring (bicyclic) bond motifs is 1. The van der Waals surface area contributed by atoms with Crippen molar-refractivity contribution in [1.82, 2.24) is 15.0 Å². The van der Waals surface area contributed by atoms with Crippen LogP contribution in [0.2, 0.25) is 0 Å². The molecule has 0 amide bonds. The summed E-state index contributed by atoms with van der Waals surface area (Å²) in [6.45, 7) is 2.20. The van der Waals surface area contributed by atoms with Gasteiger partial charge in [0, 0.05) is 18.3 Å². The standard InChI is InChI=1S/C19H22N4O/c1-3-4-5-8-17-22-16-7-6-13-20-18(16)19(23-17)21-14-9-11-15(24-2)12-10-14/h6-7,9-13H,3-5,8H2,1-2H3,(H,21,22,23). The maximum Gasteiger partial charge on any atom is 0.160 e. The van der Waals surface area contributed by atoms with Crippen LogP contribution in [0, 0.1) is 0 Å². The van der Waals surface area contributed by atoms with Crippen molar-refractivity contribution >= 4 is 22.5 Å². The Morgan fingerprint density at radius 2 is 1.88 bits per heavy atom. The van der Waals surface area contributed by atoms with E-state index in [1.165, 1.54) is 12.8 Å². The van der Waals surface area contributed by atoms with Crippen LogP contribution in [0.15, 0.2) is 42.6 Å². The van der Waals surface area contributed by atoms with Gasteiger partial charge in [-0.05, 0) is 42.8 Å². The van der Waals surface area contributed by atoms with E-state index in [0.717, 1.165) is 47.0 Å². The Bertz CT molecular complexity index is 802. The zero-order valence-corrected chi connectivity index (χ0v) is 14.1. The Labute approximate surface area is 142 Å². The SMILES string of the molecule is CCCCCc1nc(Nc2ccc(OC)cc2)c2ncccc2n1. The Balaban J connectivity index is 1.91. The van der Waals surface area contributed by atoms with Crippen LogP contribution in [0.25, 0.3) is 11.0 Å². The number of hydrogen-bond donors (Lipinski definition) is 1. The van der Waals surface area contributed by atoms with E-state index in [1.807, 2.05) is 36.4 Å². The van der Waals surface area contributed by atoms with Crippen molar-refractivity contribution in [3.05, 3.63) is 48.4 Å². The van der Waals surface area contributed by atoms with Crippen molar-refractivity contribution in [2.45, 2.75) is 32.6 Å². The average Bonchev–Trinajstić information content (AvgIpc) is 2.63. The molecule has 3 rings (SSSR count). The maximum absolute atomic E-state index is 5.20. The first-order chi connectivity index (χ1) is 11.8. The topological polar surface area (TPSA) is 59.9 Å². The number of aromatic nitrogens is 3. The molecule has 0 aliphatic carbocycles. The summed E-state index contributed by atoms with van der Waals surface area (Å²) < 4.78 is 5.20. The fourth-order valence-electron chi connectivity index (χ4n) is 2.56. The van der Waals surface area contributed by atoms with Crippen LogP contribution in [0.3, 0.4) is 0 Å². The van der Waals surface area contributed by atoms with Gasteiger partial charge in [0.05, 0.1) is 12.6 Å². The van der Waals surface area contributed by atoms with E-state index in [1.54, 1.807) is 13.3 Å². The minimum atomic E-state index is 0.747. The van der Waals surface area contributed by atoms with Crippen molar-refractivity contribution in [3.63, 3.8) is 0 Å². The smallest absolute Gasteiger partial charge is 0.160 e. The lowest BCUT2D eigenvalue weighted by Gasteiger charge is -2.10. The highest BCUT2D eigenvalue weighted by atomic mass is 16.5. The zero-order valence-electron chi connectivity index (χ0n) is 14.1. The third kappa shape index (κ3) is 3.79. The molecule has 5 heteroatoms. The molecule has 0 saturated heterocycles. The van der Waals surface area contributed by atoms with Crippen LogP contribution in [0.4, 0.5) is 11.5 Å². The Morgan fingerprint density at radius 1 is 1.04 bits per heavy atom. The molecule has 0 unspecified atom stereocenters. The van der Waals surface area contributed by atoms with E-state index in [9.17, 15) is 0 Å². The summed E-state index contributed by atoms with van der Waals surface area (Å²) in [5, 5.41) is 3.36. The number of anilines is 2. The quantitative estimate of drug-likeness (QED) is 0.649. The molecule has 0 radical (unpaired) electrons. The lowest BCUT2D eigenvalue weighted by atomic mass is 10.2. The number of hydrogen-bond acceptors (Lipinski definition) is 5. The molecule has 124 valence electrons. The molecule has 3 aromatic rings. The summed E-state index contributed by atoms with van der Waals surface area (Å²) in [7, 11) is 1.66. The van der Waals surface area contributed by atoms with E-state index >= 15 is 0 Å². The molecule has 24 heavy (non-hydrogen) atoms. The predicted molar refractivity (Wildman–Crippen MR) is 96.8 cm³/mol. The van der Waals surface area contributed by atoms with Gasteiger partial charge < -0.3 is 10.1 Å². The molecule has 2 heterocycles. The van der Waals surface area contributed by atoms with Crippen molar-refractivity contribution in [1.29, 1.82) is 0 Å². The highest BCUT2D eigenvalue weighted by Gasteiger charge is 2.09. The summed E-state index contributed by atoms with van der Waals surface area (Å²) in [6.07, 6.45) is 6.13. The van der Waals surface area contributed by atoms with Crippen molar-refractivity contribution in [3.8, 4) is 5.75 Å². The van der Waals surface area contributed by atoms with Crippen LogP contribution in [-0.2, 0) is 6.42 Å². The van der Waals surface area contributed by atoms with Gasteiger partial charge in [-0.2, -0.15) is 0 Å². The van der Waals surface area contributed by atoms with Crippen LogP contribution < -0.4 is 10.1 Å². The summed E-state index contributed by atoms with van der Waals surface area (Å²) >= 11 is 0. The number of unbranched alkanes of at least 4 members (excludes halogenated alkanes) is 2. The lowest BCUT2D eigenvalue weighted by Crippen LogP contribution is -2.03. The van der Waals surface area contributed by atoms with Gasteiger partial charge in [-0.1, -0.05) is 19.8 Å². The molecular weight excluding hydrogens is 300 g/mol. The second kappa shape index (κ2) is 7.73. The first-order valence-corrected chi connectivity index (χ1v) is 8.33. The number of benzene rings is 1. The fraction of sp³-hybridized carbons (Fsp3) is 0.316. The van der Waals surface area contributed by atoms with E-state index < -0.39 is 0 Å². The number of rotatable bonds is 7.